The third-order valence-electron chi connectivity index (χ3n) is 4.49. The van der Waals surface area contributed by atoms with E-state index in [4.69, 9.17) is 9.47 Å². The van der Waals surface area contributed by atoms with Crippen molar-refractivity contribution in [1.29, 1.82) is 0 Å². The number of carbonyl (C=O) groups is 1. The molecule has 0 saturated heterocycles. The normalized spacial score (nSPS) is 16.3. The monoisotopic (exact) mass is 339 g/mol. The van der Waals surface area contributed by atoms with E-state index in [1.807, 2.05) is 18.2 Å². The molecule has 2 heterocycles. The Bertz CT molecular complexity index is 847. The first-order valence-corrected chi connectivity index (χ1v) is 8.33. The zero-order valence-corrected chi connectivity index (χ0v) is 13.7. The van der Waals surface area contributed by atoms with E-state index < -0.39 is 0 Å². The number of nitrogens with zero attached hydrogens (tertiary/aromatic N) is 1. The molecule has 0 radical (unpaired) electrons. The first-order valence-electron chi connectivity index (χ1n) is 8.33. The average molecular weight is 339 g/mol. The van der Waals surface area contributed by atoms with Crippen molar-refractivity contribution in [3.8, 4) is 5.75 Å². The maximum absolute atomic E-state index is 13.8. The molecule has 2 aliphatic rings. The fourth-order valence-electron chi connectivity index (χ4n) is 3.35. The lowest BCUT2D eigenvalue weighted by Crippen LogP contribution is -2.34. The van der Waals surface area contributed by atoms with E-state index in [-0.39, 0.29) is 18.5 Å². The number of para-hydroxylation sites is 1. The third-order valence-corrected chi connectivity index (χ3v) is 4.49. The number of halogens is 1. The van der Waals surface area contributed by atoms with Gasteiger partial charge < -0.3 is 14.4 Å². The molecule has 0 aromatic heterocycles. The van der Waals surface area contributed by atoms with Crippen molar-refractivity contribution in [2.45, 2.75) is 19.4 Å². The SMILES string of the molecule is O=C(C=Cc1cc(F)cc2c1OCOC2)N1CCCc2ccccc21. The summed E-state index contributed by atoms with van der Waals surface area (Å²) in [6, 6.07) is 10.7. The van der Waals surface area contributed by atoms with Crippen LogP contribution in [0.25, 0.3) is 6.08 Å². The summed E-state index contributed by atoms with van der Waals surface area (Å²) in [6.45, 7) is 1.13. The molecule has 1 amide bonds. The van der Waals surface area contributed by atoms with Gasteiger partial charge in [-0.2, -0.15) is 0 Å². The van der Waals surface area contributed by atoms with Crippen LogP contribution in [0.5, 0.6) is 5.75 Å². The van der Waals surface area contributed by atoms with Crippen LogP contribution in [-0.2, 0) is 22.6 Å². The lowest BCUT2D eigenvalue weighted by atomic mass is 10.0. The maximum atomic E-state index is 13.8. The van der Waals surface area contributed by atoms with E-state index in [0.29, 0.717) is 30.0 Å². The van der Waals surface area contributed by atoms with Crippen molar-refractivity contribution in [3.05, 3.63) is 65.0 Å². The smallest absolute Gasteiger partial charge is 0.250 e. The summed E-state index contributed by atoms with van der Waals surface area (Å²) in [5.74, 6) is 0.0937. The van der Waals surface area contributed by atoms with Gasteiger partial charge in [-0.05, 0) is 42.7 Å². The largest absolute Gasteiger partial charge is 0.467 e. The minimum Gasteiger partial charge on any atom is -0.467 e. The maximum Gasteiger partial charge on any atom is 0.250 e. The number of anilines is 1. The Morgan fingerprint density at radius 3 is 3.00 bits per heavy atom. The fourth-order valence-corrected chi connectivity index (χ4v) is 3.35. The first-order chi connectivity index (χ1) is 12.2. The van der Waals surface area contributed by atoms with Gasteiger partial charge in [-0.1, -0.05) is 18.2 Å². The fraction of sp³-hybridized carbons (Fsp3) is 0.250. The van der Waals surface area contributed by atoms with Crippen molar-refractivity contribution < 1.29 is 18.7 Å². The molecular weight excluding hydrogens is 321 g/mol. The molecule has 4 rings (SSSR count). The molecule has 0 spiro atoms. The van der Waals surface area contributed by atoms with Crippen LogP contribution in [0.4, 0.5) is 10.1 Å². The van der Waals surface area contributed by atoms with Gasteiger partial charge in [0.25, 0.3) is 5.91 Å². The second-order valence-corrected chi connectivity index (χ2v) is 6.15. The van der Waals surface area contributed by atoms with Crippen LogP contribution in [0, 0.1) is 5.82 Å². The number of hydrogen-bond donors (Lipinski definition) is 0. The summed E-state index contributed by atoms with van der Waals surface area (Å²) in [4.78, 5) is 14.4. The molecule has 25 heavy (non-hydrogen) atoms. The Hall–Kier alpha value is -2.66. The van der Waals surface area contributed by atoms with Crippen molar-refractivity contribution in [1.82, 2.24) is 0 Å². The van der Waals surface area contributed by atoms with Gasteiger partial charge in [-0.3, -0.25) is 4.79 Å². The van der Waals surface area contributed by atoms with E-state index in [0.717, 1.165) is 18.5 Å². The Kier molecular flexibility index (Phi) is 4.24. The van der Waals surface area contributed by atoms with Crippen molar-refractivity contribution in [2.75, 3.05) is 18.2 Å². The lowest BCUT2D eigenvalue weighted by molar-refractivity contribution is -0.114. The molecule has 2 aromatic carbocycles. The van der Waals surface area contributed by atoms with E-state index in [1.54, 1.807) is 11.0 Å². The zero-order chi connectivity index (χ0) is 17.2. The summed E-state index contributed by atoms with van der Waals surface area (Å²) < 4.78 is 24.4. The number of rotatable bonds is 2. The van der Waals surface area contributed by atoms with Gasteiger partial charge in [0.05, 0.1) is 6.61 Å². The van der Waals surface area contributed by atoms with Crippen LogP contribution in [0.2, 0.25) is 0 Å². The molecule has 2 aliphatic heterocycles. The number of hydrogen-bond acceptors (Lipinski definition) is 3. The van der Waals surface area contributed by atoms with Gasteiger partial charge in [0.15, 0.2) is 6.79 Å². The molecule has 5 heteroatoms. The van der Waals surface area contributed by atoms with Gasteiger partial charge in [0.1, 0.15) is 11.6 Å². The predicted octanol–water partition coefficient (Wildman–Crippen LogP) is 3.68. The predicted molar refractivity (Wildman–Crippen MR) is 92.8 cm³/mol. The summed E-state index contributed by atoms with van der Waals surface area (Å²) in [6.07, 6.45) is 5.02. The number of aryl methyl sites for hydroxylation is 1. The molecule has 0 fully saturated rings. The average Bonchev–Trinajstić information content (AvgIpc) is 2.65. The van der Waals surface area contributed by atoms with E-state index in [9.17, 15) is 9.18 Å². The van der Waals surface area contributed by atoms with Crippen LogP contribution < -0.4 is 9.64 Å². The summed E-state index contributed by atoms with van der Waals surface area (Å²) >= 11 is 0. The highest BCUT2D eigenvalue weighted by Crippen LogP contribution is 2.31. The number of benzene rings is 2. The van der Waals surface area contributed by atoms with Crippen LogP contribution >= 0.6 is 0 Å². The molecule has 0 bridgehead atoms. The van der Waals surface area contributed by atoms with E-state index >= 15 is 0 Å². The van der Waals surface area contributed by atoms with Gasteiger partial charge in [0.2, 0.25) is 0 Å². The summed E-state index contributed by atoms with van der Waals surface area (Å²) in [5.41, 5.74) is 3.34. The standard InChI is InChI=1S/C20H18FNO3/c21-17-10-15(20-16(11-17)12-24-13-25-20)7-8-19(23)22-9-3-5-14-4-1-2-6-18(14)22/h1-2,4,6-8,10-11H,3,5,9,12-13H2. The number of ether oxygens (including phenoxy) is 2. The number of amides is 1. The van der Waals surface area contributed by atoms with Crippen LogP contribution in [0.15, 0.2) is 42.5 Å². The van der Waals surface area contributed by atoms with Crippen LogP contribution in [0.1, 0.15) is 23.1 Å². The van der Waals surface area contributed by atoms with Gasteiger partial charge >= 0.3 is 0 Å². The molecule has 2 aromatic rings. The van der Waals surface area contributed by atoms with E-state index in [1.165, 1.54) is 23.8 Å². The van der Waals surface area contributed by atoms with Crippen LogP contribution in [-0.4, -0.2) is 19.2 Å². The Balaban J connectivity index is 1.61. The highest BCUT2D eigenvalue weighted by Gasteiger charge is 2.21. The molecular formula is C20H18FNO3. The Morgan fingerprint density at radius 1 is 1.20 bits per heavy atom. The Labute approximate surface area is 145 Å². The molecule has 0 N–H and O–H groups in total. The number of carbonyl (C=O) groups excluding carboxylic acids is 1. The highest BCUT2D eigenvalue weighted by atomic mass is 19.1. The summed E-state index contributed by atoms with van der Waals surface area (Å²) in [5, 5.41) is 0. The van der Waals surface area contributed by atoms with Gasteiger partial charge in [-0.25, -0.2) is 4.39 Å². The topological polar surface area (TPSA) is 38.8 Å². The second kappa shape index (κ2) is 6.69. The third kappa shape index (κ3) is 3.15. The molecule has 0 aliphatic carbocycles. The van der Waals surface area contributed by atoms with Crippen LogP contribution in [0.3, 0.4) is 0 Å². The number of fused-ring (bicyclic) bond motifs is 2. The van der Waals surface area contributed by atoms with Crippen molar-refractivity contribution in [2.24, 2.45) is 0 Å². The quantitative estimate of drug-likeness (QED) is 0.784. The molecule has 0 unspecified atom stereocenters. The first kappa shape index (κ1) is 15.8. The van der Waals surface area contributed by atoms with Gasteiger partial charge in [-0.15, -0.1) is 0 Å². The second-order valence-electron chi connectivity index (χ2n) is 6.15. The van der Waals surface area contributed by atoms with Gasteiger partial charge in [0, 0.05) is 29.4 Å². The zero-order valence-electron chi connectivity index (χ0n) is 13.7. The van der Waals surface area contributed by atoms with E-state index in [2.05, 4.69) is 6.07 Å². The highest BCUT2D eigenvalue weighted by molar-refractivity contribution is 6.04. The van der Waals surface area contributed by atoms with Crippen molar-refractivity contribution in [3.63, 3.8) is 0 Å². The van der Waals surface area contributed by atoms with Crippen molar-refractivity contribution >= 4 is 17.7 Å². The lowest BCUT2D eigenvalue weighted by Gasteiger charge is -2.28. The minimum atomic E-state index is -0.372. The Morgan fingerprint density at radius 2 is 2.08 bits per heavy atom. The molecule has 0 saturated carbocycles. The molecule has 0 atom stereocenters. The molecule has 128 valence electrons. The molecule has 4 nitrogen and oxygen atoms in total. The summed E-state index contributed by atoms with van der Waals surface area (Å²) in [7, 11) is 0. The minimum absolute atomic E-state index is 0.114.